The summed E-state index contributed by atoms with van der Waals surface area (Å²) in [7, 11) is 0. The van der Waals surface area contributed by atoms with Gasteiger partial charge in [-0.3, -0.25) is 4.79 Å². The van der Waals surface area contributed by atoms with E-state index in [0.29, 0.717) is 27.1 Å². The van der Waals surface area contributed by atoms with Crippen LogP contribution in [0.4, 0.5) is 0 Å². The van der Waals surface area contributed by atoms with Gasteiger partial charge in [0.1, 0.15) is 18.1 Å². The fraction of sp³-hybridized carbons (Fsp3) is 0.0400. The summed E-state index contributed by atoms with van der Waals surface area (Å²) in [5, 5.41) is 19.7. The van der Waals surface area contributed by atoms with E-state index >= 15 is 0 Å². The number of halogens is 2. The summed E-state index contributed by atoms with van der Waals surface area (Å²) in [5.41, 5.74) is 4.20. The number of rotatable bonds is 6. The largest absolute Gasteiger partial charge is 0.508 e. The number of aliphatic carboxylic acids is 1. The van der Waals surface area contributed by atoms with E-state index in [1.54, 1.807) is 47.2 Å². The van der Waals surface area contributed by atoms with E-state index in [0.717, 1.165) is 16.7 Å². The molecule has 4 rings (SSSR count). The van der Waals surface area contributed by atoms with Gasteiger partial charge in [0.25, 0.3) is 0 Å². The minimum atomic E-state index is -0.968. The van der Waals surface area contributed by atoms with Crippen LogP contribution in [0.5, 0.6) is 5.75 Å². The Bertz CT molecular complexity index is 1290. The Morgan fingerprint density at radius 1 is 0.938 bits per heavy atom. The highest BCUT2D eigenvalue weighted by atomic mass is 35.5. The van der Waals surface area contributed by atoms with Gasteiger partial charge < -0.3 is 14.8 Å². The summed E-state index contributed by atoms with van der Waals surface area (Å²) < 4.78 is 1.56. The highest BCUT2D eigenvalue weighted by Crippen LogP contribution is 2.30. The number of carboxylic acid groups (broad SMARTS) is 1. The minimum absolute atomic E-state index is 0.225. The Kier molecular flexibility index (Phi) is 6.30. The third kappa shape index (κ3) is 5.02. The molecule has 0 unspecified atom stereocenters. The third-order valence-electron chi connectivity index (χ3n) is 4.86. The molecule has 0 aliphatic rings. The van der Waals surface area contributed by atoms with Gasteiger partial charge in [0, 0.05) is 16.8 Å². The molecule has 0 fully saturated rings. The summed E-state index contributed by atoms with van der Waals surface area (Å²) in [6, 6.07) is 20.0. The molecule has 4 aromatic rings. The predicted octanol–water partition coefficient (Wildman–Crippen LogP) is 6.48. The Labute approximate surface area is 194 Å². The second-order valence-corrected chi connectivity index (χ2v) is 7.98. The van der Waals surface area contributed by atoms with Crippen molar-refractivity contribution in [1.82, 2.24) is 9.55 Å². The molecule has 1 heterocycles. The number of aromatic nitrogens is 2. The van der Waals surface area contributed by atoms with Gasteiger partial charge in [-0.2, -0.15) is 0 Å². The van der Waals surface area contributed by atoms with Crippen LogP contribution in [0.15, 0.2) is 72.9 Å². The molecule has 0 aliphatic carbocycles. The average molecular weight is 465 g/mol. The number of hydrogen-bond donors (Lipinski definition) is 2. The van der Waals surface area contributed by atoms with Crippen molar-refractivity contribution in [3.8, 4) is 28.1 Å². The van der Waals surface area contributed by atoms with Crippen molar-refractivity contribution in [1.29, 1.82) is 0 Å². The standard InChI is InChI=1S/C25H18Cl2N2O3/c26-19-8-11-21(22(27)13-19)23-14-29(15-25(31)32)24(28-23)12-3-16-1-4-17(5-2-16)18-6-9-20(30)10-7-18/h1-14,30H,15H2,(H,31,32)/b12-3+. The number of benzene rings is 3. The van der Waals surface area contributed by atoms with E-state index in [1.165, 1.54) is 0 Å². The Balaban J connectivity index is 1.61. The van der Waals surface area contributed by atoms with Gasteiger partial charge >= 0.3 is 5.97 Å². The molecule has 0 spiro atoms. The van der Waals surface area contributed by atoms with Gasteiger partial charge in [-0.1, -0.05) is 65.7 Å². The fourth-order valence-electron chi connectivity index (χ4n) is 3.27. The van der Waals surface area contributed by atoms with E-state index in [4.69, 9.17) is 23.2 Å². The van der Waals surface area contributed by atoms with Gasteiger partial charge in [0.2, 0.25) is 0 Å². The second-order valence-electron chi connectivity index (χ2n) is 7.13. The highest BCUT2D eigenvalue weighted by molar-refractivity contribution is 6.36. The molecule has 1 aromatic heterocycles. The van der Waals surface area contributed by atoms with Crippen LogP contribution in [-0.2, 0) is 11.3 Å². The van der Waals surface area contributed by atoms with Gasteiger partial charge in [0.15, 0.2) is 0 Å². The van der Waals surface area contributed by atoms with Crippen molar-refractivity contribution in [2.75, 3.05) is 0 Å². The van der Waals surface area contributed by atoms with Crippen LogP contribution >= 0.6 is 23.2 Å². The molecule has 5 nitrogen and oxygen atoms in total. The monoisotopic (exact) mass is 464 g/mol. The smallest absolute Gasteiger partial charge is 0.323 e. The van der Waals surface area contributed by atoms with E-state index < -0.39 is 5.97 Å². The number of carboxylic acids is 1. The van der Waals surface area contributed by atoms with Gasteiger partial charge in [-0.05, 0) is 53.1 Å². The lowest BCUT2D eigenvalue weighted by atomic mass is 10.0. The quantitative estimate of drug-likeness (QED) is 0.342. The molecule has 0 bridgehead atoms. The highest BCUT2D eigenvalue weighted by Gasteiger charge is 2.13. The van der Waals surface area contributed by atoms with Crippen molar-refractivity contribution in [3.63, 3.8) is 0 Å². The lowest BCUT2D eigenvalue weighted by molar-refractivity contribution is -0.137. The van der Waals surface area contributed by atoms with Crippen LogP contribution in [0.2, 0.25) is 10.0 Å². The molecule has 0 amide bonds. The third-order valence-corrected chi connectivity index (χ3v) is 5.40. The first kappa shape index (κ1) is 21.7. The number of imidazole rings is 1. The first-order valence-corrected chi connectivity index (χ1v) is 10.5. The molecule has 0 aliphatic heterocycles. The van der Waals surface area contributed by atoms with E-state index in [-0.39, 0.29) is 12.3 Å². The molecule has 0 radical (unpaired) electrons. The SMILES string of the molecule is O=C(O)Cn1cc(-c2ccc(Cl)cc2Cl)nc1/C=C/c1ccc(-c2ccc(O)cc2)cc1. The zero-order chi connectivity index (χ0) is 22.7. The van der Waals surface area contributed by atoms with Crippen LogP contribution in [0.1, 0.15) is 11.4 Å². The lowest BCUT2D eigenvalue weighted by Crippen LogP contribution is -2.09. The molecular weight excluding hydrogens is 447 g/mol. The molecule has 0 saturated carbocycles. The normalized spacial score (nSPS) is 11.2. The number of carbonyl (C=O) groups is 1. The Hall–Kier alpha value is -3.54. The van der Waals surface area contributed by atoms with Crippen molar-refractivity contribution >= 4 is 41.3 Å². The topological polar surface area (TPSA) is 75.3 Å². The summed E-state index contributed by atoms with van der Waals surface area (Å²) in [6.07, 6.45) is 5.30. The van der Waals surface area contributed by atoms with Crippen LogP contribution in [0.25, 0.3) is 34.5 Å². The second kappa shape index (κ2) is 9.30. The van der Waals surface area contributed by atoms with Gasteiger partial charge in [0.05, 0.1) is 10.7 Å². The van der Waals surface area contributed by atoms with Crippen LogP contribution in [-0.4, -0.2) is 25.7 Å². The lowest BCUT2D eigenvalue weighted by Gasteiger charge is -2.03. The number of hydrogen-bond acceptors (Lipinski definition) is 3. The predicted molar refractivity (Wildman–Crippen MR) is 128 cm³/mol. The maximum absolute atomic E-state index is 11.3. The van der Waals surface area contributed by atoms with Crippen molar-refractivity contribution < 1.29 is 15.0 Å². The average Bonchev–Trinajstić information content (AvgIpc) is 3.15. The number of nitrogens with zero attached hydrogens (tertiary/aromatic N) is 2. The van der Waals surface area contributed by atoms with E-state index in [2.05, 4.69) is 4.98 Å². The van der Waals surface area contributed by atoms with Gasteiger partial charge in [-0.25, -0.2) is 4.98 Å². The summed E-state index contributed by atoms with van der Waals surface area (Å²) >= 11 is 12.3. The summed E-state index contributed by atoms with van der Waals surface area (Å²) in [5.74, 6) is -0.246. The Morgan fingerprint density at radius 2 is 1.59 bits per heavy atom. The van der Waals surface area contributed by atoms with Gasteiger partial charge in [-0.15, -0.1) is 0 Å². The Morgan fingerprint density at radius 3 is 2.22 bits per heavy atom. The molecule has 0 atom stereocenters. The number of aromatic hydroxyl groups is 1. The maximum atomic E-state index is 11.3. The first-order chi connectivity index (χ1) is 15.4. The van der Waals surface area contributed by atoms with Crippen molar-refractivity contribution in [2.24, 2.45) is 0 Å². The zero-order valence-electron chi connectivity index (χ0n) is 16.7. The summed E-state index contributed by atoms with van der Waals surface area (Å²) in [6.45, 7) is -0.225. The molecule has 3 aromatic carbocycles. The molecule has 7 heteroatoms. The molecular formula is C25H18Cl2N2O3. The molecule has 0 saturated heterocycles. The van der Waals surface area contributed by atoms with Crippen LogP contribution < -0.4 is 0 Å². The minimum Gasteiger partial charge on any atom is -0.508 e. The fourth-order valence-corrected chi connectivity index (χ4v) is 3.78. The maximum Gasteiger partial charge on any atom is 0.323 e. The molecule has 160 valence electrons. The van der Waals surface area contributed by atoms with Crippen molar-refractivity contribution in [2.45, 2.75) is 6.54 Å². The van der Waals surface area contributed by atoms with Crippen LogP contribution in [0, 0.1) is 0 Å². The number of phenolic OH excluding ortho intramolecular Hbond substituents is 1. The number of phenols is 1. The van der Waals surface area contributed by atoms with Crippen molar-refractivity contribution in [3.05, 3.63) is 94.4 Å². The van der Waals surface area contributed by atoms with E-state index in [1.807, 2.05) is 42.5 Å². The zero-order valence-corrected chi connectivity index (χ0v) is 18.3. The first-order valence-electron chi connectivity index (χ1n) is 9.71. The van der Waals surface area contributed by atoms with E-state index in [9.17, 15) is 15.0 Å². The van der Waals surface area contributed by atoms with Crippen LogP contribution in [0.3, 0.4) is 0 Å². The molecule has 2 N–H and O–H groups in total. The summed E-state index contributed by atoms with van der Waals surface area (Å²) in [4.78, 5) is 15.9. The molecule has 32 heavy (non-hydrogen) atoms.